The molecule has 0 radical (unpaired) electrons. The number of alkyl halides is 2. The van der Waals surface area contributed by atoms with Gasteiger partial charge in [0, 0.05) is 18.2 Å². The molecule has 0 aromatic heterocycles. The Balaban J connectivity index is 2.66. The lowest BCUT2D eigenvalue weighted by Crippen LogP contribution is -2.21. The molecular weight excluding hydrogens is 252 g/mol. The number of ether oxygens (including phenoxy) is 2. The zero-order chi connectivity index (χ0) is 14.3. The summed E-state index contributed by atoms with van der Waals surface area (Å²) in [6.45, 7) is 4.43. The second kappa shape index (κ2) is 8.07. The second-order valence-corrected chi connectivity index (χ2v) is 4.59. The molecule has 5 heteroatoms. The number of rotatable bonds is 8. The standard InChI is InChI=1S/C14H21F2NO2/c1-10(2)17-7-11-4-5-13(18-3)12(6-11)8-19-9-14(15)16/h4-6,10,14,17H,7-9H2,1-3H3. The largest absolute Gasteiger partial charge is 0.496 e. The second-order valence-electron chi connectivity index (χ2n) is 4.59. The van der Waals surface area contributed by atoms with Crippen LogP contribution >= 0.6 is 0 Å². The topological polar surface area (TPSA) is 30.5 Å². The lowest BCUT2D eigenvalue weighted by molar-refractivity contribution is 0.00931. The number of nitrogens with one attached hydrogen (secondary N) is 1. The molecule has 0 spiro atoms. The fourth-order valence-corrected chi connectivity index (χ4v) is 1.63. The van der Waals surface area contributed by atoms with Crippen molar-refractivity contribution >= 4 is 0 Å². The van der Waals surface area contributed by atoms with Gasteiger partial charge in [0.2, 0.25) is 0 Å². The highest BCUT2D eigenvalue weighted by Crippen LogP contribution is 2.21. The third-order valence-corrected chi connectivity index (χ3v) is 2.56. The number of benzene rings is 1. The summed E-state index contributed by atoms with van der Waals surface area (Å²) in [6, 6.07) is 6.09. The maximum absolute atomic E-state index is 12.0. The van der Waals surface area contributed by atoms with Gasteiger partial charge in [0.1, 0.15) is 12.4 Å². The highest BCUT2D eigenvalue weighted by atomic mass is 19.3. The van der Waals surface area contributed by atoms with E-state index >= 15 is 0 Å². The van der Waals surface area contributed by atoms with E-state index in [-0.39, 0.29) is 6.61 Å². The van der Waals surface area contributed by atoms with Gasteiger partial charge in [0.15, 0.2) is 0 Å². The van der Waals surface area contributed by atoms with Gasteiger partial charge in [0.05, 0.1) is 13.7 Å². The van der Waals surface area contributed by atoms with Crippen molar-refractivity contribution in [2.45, 2.75) is 39.5 Å². The minimum Gasteiger partial charge on any atom is -0.496 e. The van der Waals surface area contributed by atoms with Gasteiger partial charge in [-0.25, -0.2) is 8.78 Å². The van der Waals surface area contributed by atoms with E-state index < -0.39 is 13.0 Å². The van der Waals surface area contributed by atoms with Gasteiger partial charge in [-0.05, 0) is 17.7 Å². The van der Waals surface area contributed by atoms with E-state index in [0.717, 1.165) is 17.7 Å². The van der Waals surface area contributed by atoms with Crippen LogP contribution in [0.5, 0.6) is 5.75 Å². The van der Waals surface area contributed by atoms with Crippen LogP contribution < -0.4 is 10.1 Å². The lowest BCUT2D eigenvalue weighted by Gasteiger charge is -2.13. The van der Waals surface area contributed by atoms with Crippen molar-refractivity contribution in [2.75, 3.05) is 13.7 Å². The minimum absolute atomic E-state index is 0.128. The molecule has 0 amide bonds. The molecule has 0 aliphatic heterocycles. The van der Waals surface area contributed by atoms with E-state index in [4.69, 9.17) is 9.47 Å². The van der Waals surface area contributed by atoms with Crippen molar-refractivity contribution in [3.8, 4) is 5.75 Å². The van der Waals surface area contributed by atoms with Crippen LogP contribution in [-0.2, 0) is 17.9 Å². The molecule has 3 nitrogen and oxygen atoms in total. The highest BCUT2D eigenvalue weighted by molar-refractivity contribution is 5.36. The SMILES string of the molecule is COc1ccc(CNC(C)C)cc1COCC(F)F. The molecule has 0 heterocycles. The fraction of sp³-hybridized carbons (Fsp3) is 0.571. The normalized spacial score (nSPS) is 11.3. The Morgan fingerprint density at radius 1 is 1.26 bits per heavy atom. The van der Waals surface area contributed by atoms with E-state index in [1.165, 1.54) is 0 Å². The predicted octanol–water partition coefficient (Wildman–Crippen LogP) is 2.97. The summed E-state index contributed by atoms with van der Waals surface area (Å²) in [5.74, 6) is 0.655. The third kappa shape index (κ3) is 5.98. The molecule has 0 unspecified atom stereocenters. The van der Waals surface area contributed by atoms with E-state index in [1.807, 2.05) is 18.2 Å². The van der Waals surface area contributed by atoms with Crippen LogP contribution in [0.2, 0.25) is 0 Å². The molecule has 1 N–H and O–H groups in total. The van der Waals surface area contributed by atoms with Crippen molar-refractivity contribution in [1.82, 2.24) is 5.32 Å². The molecule has 0 saturated heterocycles. The molecule has 0 bridgehead atoms. The van der Waals surface area contributed by atoms with E-state index in [9.17, 15) is 8.78 Å². The van der Waals surface area contributed by atoms with Crippen molar-refractivity contribution in [1.29, 1.82) is 0 Å². The maximum atomic E-state index is 12.0. The molecule has 0 fully saturated rings. The smallest absolute Gasteiger partial charge is 0.261 e. The number of methoxy groups -OCH3 is 1. The first-order valence-electron chi connectivity index (χ1n) is 6.28. The van der Waals surface area contributed by atoms with E-state index in [1.54, 1.807) is 7.11 Å². The number of hydrogen-bond donors (Lipinski definition) is 1. The molecule has 1 rings (SSSR count). The van der Waals surface area contributed by atoms with Crippen LogP contribution in [0, 0.1) is 0 Å². The van der Waals surface area contributed by atoms with Crippen LogP contribution in [-0.4, -0.2) is 26.2 Å². The molecule has 1 aromatic carbocycles. The lowest BCUT2D eigenvalue weighted by atomic mass is 10.1. The molecule has 0 aliphatic rings. The summed E-state index contributed by atoms with van der Waals surface area (Å²) in [6.07, 6.45) is -2.45. The summed E-state index contributed by atoms with van der Waals surface area (Å²) in [5.41, 5.74) is 1.86. The fourth-order valence-electron chi connectivity index (χ4n) is 1.63. The van der Waals surface area contributed by atoms with Crippen LogP contribution in [0.15, 0.2) is 18.2 Å². The molecule has 19 heavy (non-hydrogen) atoms. The molecule has 1 aromatic rings. The van der Waals surface area contributed by atoms with Crippen molar-refractivity contribution in [3.05, 3.63) is 29.3 Å². The van der Waals surface area contributed by atoms with Gasteiger partial charge in [-0.3, -0.25) is 0 Å². The summed E-state index contributed by atoms with van der Waals surface area (Å²) in [7, 11) is 1.55. The Kier molecular flexibility index (Phi) is 6.73. The first-order valence-corrected chi connectivity index (χ1v) is 6.28. The van der Waals surface area contributed by atoms with E-state index in [2.05, 4.69) is 19.2 Å². The maximum Gasteiger partial charge on any atom is 0.261 e. The third-order valence-electron chi connectivity index (χ3n) is 2.56. The highest BCUT2D eigenvalue weighted by Gasteiger charge is 2.07. The van der Waals surface area contributed by atoms with Crippen LogP contribution in [0.1, 0.15) is 25.0 Å². The van der Waals surface area contributed by atoms with Gasteiger partial charge in [-0.2, -0.15) is 0 Å². The molecular formula is C14H21F2NO2. The van der Waals surface area contributed by atoms with Crippen LogP contribution in [0.4, 0.5) is 8.78 Å². The first-order chi connectivity index (χ1) is 9.02. The quantitative estimate of drug-likeness (QED) is 0.790. The van der Waals surface area contributed by atoms with Gasteiger partial charge in [-0.15, -0.1) is 0 Å². The summed E-state index contributed by atoms with van der Waals surface area (Å²) in [4.78, 5) is 0. The van der Waals surface area contributed by atoms with Crippen LogP contribution in [0.25, 0.3) is 0 Å². The van der Waals surface area contributed by atoms with Gasteiger partial charge < -0.3 is 14.8 Å². The summed E-state index contributed by atoms with van der Waals surface area (Å²) < 4.78 is 34.2. The Hall–Kier alpha value is -1.20. The van der Waals surface area contributed by atoms with Gasteiger partial charge in [-0.1, -0.05) is 19.9 Å². The molecule has 108 valence electrons. The Labute approximate surface area is 112 Å². The Bertz CT molecular complexity index is 384. The Morgan fingerprint density at radius 3 is 2.58 bits per heavy atom. The van der Waals surface area contributed by atoms with Crippen molar-refractivity contribution in [3.63, 3.8) is 0 Å². The summed E-state index contributed by atoms with van der Waals surface area (Å²) in [5, 5.41) is 3.30. The average Bonchev–Trinajstić information content (AvgIpc) is 2.36. The zero-order valence-corrected chi connectivity index (χ0v) is 11.6. The molecule has 0 atom stereocenters. The molecule has 0 aliphatic carbocycles. The minimum atomic E-state index is -2.45. The number of halogens is 2. The van der Waals surface area contributed by atoms with Crippen molar-refractivity contribution < 1.29 is 18.3 Å². The summed E-state index contributed by atoms with van der Waals surface area (Å²) >= 11 is 0. The number of hydrogen-bond acceptors (Lipinski definition) is 3. The first kappa shape index (κ1) is 15.9. The average molecular weight is 273 g/mol. The zero-order valence-electron chi connectivity index (χ0n) is 11.6. The monoisotopic (exact) mass is 273 g/mol. The van der Waals surface area contributed by atoms with Gasteiger partial charge >= 0.3 is 0 Å². The Morgan fingerprint density at radius 2 is 2.00 bits per heavy atom. The van der Waals surface area contributed by atoms with Crippen molar-refractivity contribution in [2.24, 2.45) is 0 Å². The predicted molar refractivity (Wildman–Crippen MR) is 70.6 cm³/mol. The molecule has 0 saturated carbocycles. The van der Waals surface area contributed by atoms with Crippen LogP contribution in [0.3, 0.4) is 0 Å². The van der Waals surface area contributed by atoms with E-state index in [0.29, 0.717) is 11.8 Å². The van der Waals surface area contributed by atoms with Gasteiger partial charge in [0.25, 0.3) is 6.43 Å².